The van der Waals surface area contributed by atoms with Crippen LogP contribution in [0.3, 0.4) is 0 Å². The van der Waals surface area contributed by atoms with E-state index in [0.717, 1.165) is 12.3 Å². The molecule has 0 amide bonds. The van der Waals surface area contributed by atoms with Gasteiger partial charge in [-0.2, -0.15) is 5.10 Å². The normalized spacial score (nSPS) is 21.7. The lowest BCUT2D eigenvalue weighted by molar-refractivity contribution is 0.452. The van der Waals surface area contributed by atoms with Crippen molar-refractivity contribution in [2.75, 3.05) is 5.75 Å². The lowest BCUT2D eigenvalue weighted by atomic mass is 10.1. The van der Waals surface area contributed by atoms with Gasteiger partial charge in [0.25, 0.3) is 0 Å². The third-order valence-electron chi connectivity index (χ3n) is 3.28. The summed E-state index contributed by atoms with van der Waals surface area (Å²) in [6.07, 6.45) is 4.13. The first-order valence-corrected chi connectivity index (χ1v) is 7.63. The van der Waals surface area contributed by atoms with Crippen molar-refractivity contribution in [3.8, 4) is 0 Å². The van der Waals surface area contributed by atoms with Gasteiger partial charge in [0.2, 0.25) is 0 Å². The number of nitrogens with one attached hydrogen (secondary N) is 1. The lowest BCUT2D eigenvalue weighted by Crippen LogP contribution is -2.35. The van der Waals surface area contributed by atoms with Crippen molar-refractivity contribution in [1.82, 2.24) is 15.1 Å². The Morgan fingerprint density at radius 3 is 2.84 bits per heavy atom. The van der Waals surface area contributed by atoms with Gasteiger partial charge in [-0.15, -0.1) is 11.8 Å². The molecule has 1 saturated heterocycles. The van der Waals surface area contributed by atoms with Gasteiger partial charge in [0, 0.05) is 23.1 Å². The molecule has 1 atom stereocenters. The van der Waals surface area contributed by atoms with Crippen LogP contribution in [0, 0.1) is 0 Å². The van der Waals surface area contributed by atoms with Crippen LogP contribution in [-0.4, -0.2) is 21.1 Å². The van der Waals surface area contributed by atoms with Crippen LogP contribution in [0.4, 0.5) is 0 Å². The molecule has 2 aromatic rings. The van der Waals surface area contributed by atoms with Crippen molar-refractivity contribution in [3.05, 3.63) is 53.9 Å². The van der Waals surface area contributed by atoms with E-state index in [4.69, 9.17) is 0 Å². The maximum Gasteiger partial charge on any atom is 0.0825 e. The zero-order valence-corrected chi connectivity index (χ0v) is 12.2. The van der Waals surface area contributed by atoms with E-state index in [1.807, 2.05) is 28.7 Å². The minimum Gasteiger partial charge on any atom is -0.296 e. The van der Waals surface area contributed by atoms with E-state index in [2.05, 4.69) is 54.7 Å². The predicted octanol–water partition coefficient (Wildman–Crippen LogP) is 3.05. The molecule has 3 nitrogen and oxygen atoms in total. The van der Waals surface area contributed by atoms with E-state index in [-0.39, 0.29) is 5.54 Å². The molecule has 1 aliphatic rings. The van der Waals surface area contributed by atoms with Gasteiger partial charge < -0.3 is 0 Å². The number of benzene rings is 1. The van der Waals surface area contributed by atoms with E-state index in [1.165, 1.54) is 11.1 Å². The minimum absolute atomic E-state index is 0.219. The summed E-state index contributed by atoms with van der Waals surface area (Å²) in [7, 11) is 0. The molecule has 19 heavy (non-hydrogen) atoms. The molecule has 2 heterocycles. The van der Waals surface area contributed by atoms with E-state index in [0.29, 0.717) is 5.37 Å². The molecule has 0 aliphatic carbocycles. The molecule has 1 aromatic carbocycles. The Hall–Kier alpha value is -1.26. The Bertz CT molecular complexity index is 548. The van der Waals surface area contributed by atoms with Crippen molar-refractivity contribution in [2.24, 2.45) is 0 Å². The molecule has 3 rings (SSSR count). The maximum absolute atomic E-state index is 4.47. The summed E-state index contributed by atoms with van der Waals surface area (Å²) in [6, 6.07) is 10.4. The standard InChI is InChI=1S/C15H19N3S/c1-15(2)11-19-14(17-15)13-8-16-18(10-13)9-12-6-4-3-5-7-12/h3-8,10,14,17H,9,11H2,1-2H3. The smallest absolute Gasteiger partial charge is 0.0825 e. The molecule has 1 unspecified atom stereocenters. The second kappa shape index (κ2) is 5.02. The van der Waals surface area contributed by atoms with Gasteiger partial charge in [-0.05, 0) is 19.4 Å². The van der Waals surface area contributed by atoms with Gasteiger partial charge in [0.1, 0.15) is 0 Å². The summed E-state index contributed by atoms with van der Waals surface area (Å²) in [6.45, 7) is 5.32. The maximum atomic E-state index is 4.47. The average molecular weight is 273 g/mol. The van der Waals surface area contributed by atoms with Gasteiger partial charge in [-0.3, -0.25) is 10.00 Å². The van der Waals surface area contributed by atoms with Crippen LogP contribution in [0.15, 0.2) is 42.7 Å². The van der Waals surface area contributed by atoms with Crippen LogP contribution in [0.5, 0.6) is 0 Å². The van der Waals surface area contributed by atoms with Crippen molar-refractivity contribution >= 4 is 11.8 Å². The summed E-state index contributed by atoms with van der Waals surface area (Å²) >= 11 is 1.96. The highest BCUT2D eigenvalue weighted by Gasteiger charge is 2.31. The molecule has 0 radical (unpaired) electrons. The van der Waals surface area contributed by atoms with Gasteiger partial charge in [-0.1, -0.05) is 30.3 Å². The van der Waals surface area contributed by atoms with Crippen molar-refractivity contribution in [1.29, 1.82) is 0 Å². The third kappa shape index (κ3) is 3.01. The highest BCUT2D eigenvalue weighted by atomic mass is 32.2. The summed E-state index contributed by atoms with van der Waals surface area (Å²) in [5.74, 6) is 1.14. The summed E-state index contributed by atoms with van der Waals surface area (Å²) < 4.78 is 2.01. The molecule has 0 saturated carbocycles. The van der Waals surface area contributed by atoms with Crippen molar-refractivity contribution in [3.63, 3.8) is 0 Å². The molecule has 1 aromatic heterocycles. The molecular formula is C15H19N3S. The Balaban J connectivity index is 1.70. The molecule has 100 valence electrons. The minimum atomic E-state index is 0.219. The first-order chi connectivity index (χ1) is 9.12. The molecule has 1 fully saturated rings. The zero-order chi connectivity index (χ0) is 13.3. The lowest BCUT2D eigenvalue weighted by Gasteiger charge is -2.17. The van der Waals surface area contributed by atoms with Gasteiger partial charge in [0.15, 0.2) is 0 Å². The van der Waals surface area contributed by atoms with Gasteiger partial charge in [0.05, 0.1) is 18.1 Å². The first-order valence-electron chi connectivity index (χ1n) is 6.58. The summed E-state index contributed by atoms with van der Waals surface area (Å²) in [4.78, 5) is 0. The topological polar surface area (TPSA) is 29.9 Å². The Morgan fingerprint density at radius 2 is 2.16 bits per heavy atom. The molecule has 0 bridgehead atoms. The van der Waals surface area contributed by atoms with Crippen LogP contribution < -0.4 is 5.32 Å². The van der Waals surface area contributed by atoms with E-state index < -0.39 is 0 Å². The fraction of sp³-hybridized carbons (Fsp3) is 0.400. The average Bonchev–Trinajstić information content (AvgIpc) is 2.97. The molecule has 0 spiro atoms. The van der Waals surface area contributed by atoms with Gasteiger partial charge in [-0.25, -0.2) is 0 Å². The second-order valence-corrected chi connectivity index (χ2v) is 6.77. The number of hydrogen-bond acceptors (Lipinski definition) is 3. The molecular weight excluding hydrogens is 254 g/mol. The highest BCUT2D eigenvalue weighted by Crippen LogP contribution is 2.36. The largest absolute Gasteiger partial charge is 0.296 e. The fourth-order valence-electron chi connectivity index (χ4n) is 2.28. The predicted molar refractivity (Wildman–Crippen MR) is 80.2 cm³/mol. The monoisotopic (exact) mass is 273 g/mol. The Labute approximate surface area is 118 Å². The number of rotatable bonds is 3. The highest BCUT2D eigenvalue weighted by molar-refractivity contribution is 7.99. The third-order valence-corrected chi connectivity index (χ3v) is 4.89. The summed E-state index contributed by atoms with van der Waals surface area (Å²) in [5.41, 5.74) is 2.77. The molecule has 1 N–H and O–H groups in total. The Morgan fingerprint density at radius 1 is 1.37 bits per heavy atom. The summed E-state index contributed by atoms with van der Waals surface area (Å²) in [5, 5.41) is 8.48. The van der Waals surface area contributed by atoms with Gasteiger partial charge >= 0.3 is 0 Å². The van der Waals surface area contributed by atoms with Crippen LogP contribution in [0.1, 0.15) is 30.3 Å². The number of hydrogen-bond donors (Lipinski definition) is 1. The molecule has 4 heteroatoms. The van der Waals surface area contributed by atoms with Crippen LogP contribution in [0.25, 0.3) is 0 Å². The number of thioether (sulfide) groups is 1. The Kier molecular flexibility index (Phi) is 3.37. The SMILES string of the molecule is CC1(C)CSC(c2cnn(Cc3ccccc3)c2)N1. The van der Waals surface area contributed by atoms with Crippen molar-refractivity contribution < 1.29 is 0 Å². The van der Waals surface area contributed by atoms with Crippen LogP contribution in [-0.2, 0) is 6.54 Å². The van der Waals surface area contributed by atoms with E-state index >= 15 is 0 Å². The quantitative estimate of drug-likeness (QED) is 0.932. The number of aromatic nitrogens is 2. The second-order valence-electron chi connectivity index (χ2n) is 5.68. The first kappa shape index (κ1) is 12.8. The zero-order valence-electron chi connectivity index (χ0n) is 11.3. The van der Waals surface area contributed by atoms with E-state index in [9.17, 15) is 0 Å². The fourth-order valence-corrected chi connectivity index (χ4v) is 3.66. The van der Waals surface area contributed by atoms with Crippen molar-refractivity contribution in [2.45, 2.75) is 31.3 Å². The van der Waals surface area contributed by atoms with Crippen LogP contribution >= 0.6 is 11.8 Å². The van der Waals surface area contributed by atoms with E-state index in [1.54, 1.807) is 0 Å². The molecule has 1 aliphatic heterocycles. The van der Waals surface area contributed by atoms with Crippen LogP contribution in [0.2, 0.25) is 0 Å². The number of nitrogens with zero attached hydrogens (tertiary/aromatic N) is 2.